The van der Waals surface area contributed by atoms with E-state index in [2.05, 4.69) is 15.4 Å². The van der Waals surface area contributed by atoms with Gasteiger partial charge in [0.2, 0.25) is 0 Å². The van der Waals surface area contributed by atoms with Gasteiger partial charge in [-0.1, -0.05) is 0 Å². The van der Waals surface area contributed by atoms with Crippen molar-refractivity contribution in [1.82, 2.24) is 30.8 Å². The molecule has 10 nitrogen and oxygen atoms in total. The topological polar surface area (TPSA) is 122 Å². The number of carbonyl (C=O) groups is 1. The highest BCUT2D eigenvalue weighted by Gasteiger charge is 2.21. The Kier molecular flexibility index (Phi) is 5.27. The highest BCUT2D eigenvalue weighted by atomic mass is 32.2. The van der Waals surface area contributed by atoms with Gasteiger partial charge in [0.15, 0.2) is 16.9 Å². The van der Waals surface area contributed by atoms with E-state index in [1.54, 1.807) is 7.05 Å². The summed E-state index contributed by atoms with van der Waals surface area (Å²) < 4.78 is 16.5. The van der Waals surface area contributed by atoms with Gasteiger partial charge in [0.1, 0.15) is 11.8 Å². The highest BCUT2D eigenvalue weighted by Crippen LogP contribution is 2.03. The number of rotatable bonds is 6. The minimum absolute atomic E-state index is 0.0500. The molecule has 0 aromatic carbocycles. The van der Waals surface area contributed by atoms with Crippen LogP contribution in [0, 0.1) is 0 Å². The number of amides is 1. The maximum atomic E-state index is 11.6. The third kappa shape index (κ3) is 4.10. The van der Waals surface area contributed by atoms with Crippen LogP contribution in [-0.2, 0) is 33.0 Å². The zero-order valence-electron chi connectivity index (χ0n) is 10.1. The number of likely N-dealkylation sites (N-methyl/N-ethyl adjacent to an activating group) is 1. The Morgan fingerprint density at radius 3 is 2.89 bits per heavy atom. The summed E-state index contributed by atoms with van der Waals surface area (Å²) in [4.78, 5) is 12.3. The van der Waals surface area contributed by atoms with Crippen LogP contribution in [0.5, 0.6) is 0 Å². The van der Waals surface area contributed by atoms with Crippen LogP contribution in [0.25, 0.3) is 0 Å². The van der Waals surface area contributed by atoms with Gasteiger partial charge in [-0.3, -0.25) is 10.0 Å². The summed E-state index contributed by atoms with van der Waals surface area (Å²) in [5.41, 5.74) is 1.47. The highest BCUT2D eigenvalue weighted by molar-refractivity contribution is 7.79. The first-order valence-electron chi connectivity index (χ1n) is 4.90. The second kappa shape index (κ2) is 6.49. The fourth-order valence-electron chi connectivity index (χ4n) is 0.967. The Labute approximate surface area is 105 Å². The number of aryl methyl sites for hydroxylation is 1. The zero-order chi connectivity index (χ0) is 13.7. The van der Waals surface area contributed by atoms with Crippen molar-refractivity contribution in [2.75, 3.05) is 7.05 Å². The van der Waals surface area contributed by atoms with Crippen molar-refractivity contribution in [3.8, 4) is 0 Å². The Morgan fingerprint density at radius 1 is 1.72 bits per heavy atom. The molecule has 0 aliphatic heterocycles. The van der Waals surface area contributed by atoms with Crippen molar-refractivity contribution in [3.63, 3.8) is 0 Å². The molecule has 0 aliphatic carbocycles. The number of hydrogen-bond acceptors (Lipinski definition) is 8. The van der Waals surface area contributed by atoms with E-state index >= 15 is 0 Å². The first-order valence-corrected chi connectivity index (χ1v) is 6.15. The molecule has 0 aliphatic rings. The molecule has 0 saturated heterocycles. The molecule has 0 radical (unpaired) electrons. The molecular weight excluding hydrogens is 264 g/mol. The summed E-state index contributed by atoms with van der Waals surface area (Å²) in [7, 11) is 3.00. The maximum Gasteiger partial charge on any atom is 0.262 e. The summed E-state index contributed by atoms with van der Waals surface area (Å²) in [5.74, 6) is -0.457. The van der Waals surface area contributed by atoms with Crippen molar-refractivity contribution >= 4 is 17.0 Å². The first-order chi connectivity index (χ1) is 8.43. The van der Waals surface area contributed by atoms with Gasteiger partial charge in [-0.2, -0.15) is 14.1 Å². The number of nitrogens with one attached hydrogen (secondary N) is 1. The van der Waals surface area contributed by atoms with Crippen LogP contribution >= 0.6 is 0 Å². The molecule has 2 unspecified atom stereocenters. The molecule has 1 amide bonds. The second-order valence-corrected chi connectivity index (χ2v) is 4.46. The molecule has 2 atom stereocenters. The summed E-state index contributed by atoms with van der Waals surface area (Å²) >= 11 is -1.74. The van der Waals surface area contributed by atoms with Crippen LogP contribution in [-0.4, -0.2) is 53.7 Å². The quantitative estimate of drug-likeness (QED) is 0.458. The van der Waals surface area contributed by atoms with Gasteiger partial charge >= 0.3 is 0 Å². The molecular formula is C7H14N6O4S. The summed E-state index contributed by atoms with van der Waals surface area (Å²) in [6.07, 6.45) is 0. The fraction of sp³-hybridized carbons (Fsp3) is 0.714. The van der Waals surface area contributed by atoms with E-state index in [0.717, 1.165) is 5.06 Å². The van der Waals surface area contributed by atoms with Crippen LogP contribution in [0.4, 0.5) is 0 Å². The van der Waals surface area contributed by atoms with Gasteiger partial charge in [0.25, 0.3) is 5.91 Å². The number of hydroxylamine groups is 3. The third-order valence-electron chi connectivity index (χ3n) is 2.03. The monoisotopic (exact) mass is 278 g/mol. The number of nitrogens with zero attached hydrogens (tertiary/aromatic N) is 5. The molecule has 1 aromatic heterocycles. The van der Waals surface area contributed by atoms with Crippen LogP contribution in [0.1, 0.15) is 12.7 Å². The number of aromatic nitrogens is 4. The Balaban J connectivity index is 2.47. The minimum Gasteiger partial charge on any atom is -0.289 e. The largest absolute Gasteiger partial charge is 0.289 e. The van der Waals surface area contributed by atoms with Gasteiger partial charge in [0, 0.05) is 7.05 Å². The lowest BCUT2D eigenvalue weighted by Crippen LogP contribution is -2.42. The number of carbonyl (C=O) groups excluding carboxylic acids is 1. The van der Waals surface area contributed by atoms with E-state index < -0.39 is 23.0 Å². The molecule has 1 rings (SSSR count). The van der Waals surface area contributed by atoms with Crippen molar-refractivity contribution in [1.29, 1.82) is 0 Å². The molecule has 18 heavy (non-hydrogen) atoms. The fourth-order valence-corrected chi connectivity index (χ4v) is 1.74. The van der Waals surface area contributed by atoms with E-state index in [-0.39, 0.29) is 11.6 Å². The van der Waals surface area contributed by atoms with Crippen LogP contribution in [0.2, 0.25) is 0 Å². The molecule has 0 saturated carbocycles. The van der Waals surface area contributed by atoms with E-state index in [1.165, 1.54) is 24.2 Å². The summed E-state index contributed by atoms with van der Waals surface area (Å²) in [6.45, 7) is 1.48. The number of tetrazole rings is 1. The van der Waals surface area contributed by atoms with Crippen molar-refractivity contribution in [2.24, 2.45) is 7.05 Å². The van der Waals surface area contributed by atoms with Gasteiger partial charge in [-0.05, 0) is 12.1 Å². The number of hydrogen-bond donors (Lipinski definition) is 2. The standard InChI is InChI=1S/C7H14N6O4S/c1-5(7(14)10-15)12(2)17-18(16)4-6-8-11-13(3)9-6/h5,15H,4H2,1-3H3,(H,10,14). The lowest BCUT2D eigenvalue weighted by molar-refractivity contribution is -0.144. The molecule has 0 fully saturated rings. The van der Waals surface area contributed by atoms with Crippen molar-refractivity contribution < 1.29 is 18.5 Å². The molecule has 102 valence electrons. The predicted octanol–water partition coefficient (Wildman–Crippen LogP) is -1.87. The average molecular weight is 278 g/mol. The van der Waals surface area contributed by atoms with E-state index in [9.17, 15) is 9.00 Å². The smallest absolute Gasteiger partial charge is 0.262 e. The van der Waals surface area contributed by atoms with Gasteiger partial charge < -0.3 is 0 Å². The van der Waals surface area contributed by atoms with Gasteiger partial charge in [-0.25, -0.2) is 9.69 Å². The summed E-state index contributed by atoms with van der Waals surface area (Å²) in [6, 6.07) is -0.797. The lowest BCUT2D eigenvalue weighted by Gasteiger charge is -2.20. The molecule has 2 N–H and O–H groups in total. The van der Waals surface area contributed by atoms with Crippen molar-refractivity contribution in [2.45, 2.75) is 18.7 Å². The maximum absolute atomic E-state index is 11.6. The van der Waals surface area contributed by atoms with Crippen LogP contribution in [0.3, 0.4) is 0 Å². The van der Waals surface area contributed by atoms with Crippen molar-refractivity contribution in [3.05, 3.63) is 5.82 Å². The predicted molar refractivity (Wildman–Crippen MR) is 58.9 cm³/mol. The Morgan fingerprint density at radius 2 is 2.39 bits per heavy atom. The summed E-state index contributed by atoms with van der Waals surface area (Å²) in [5, 5.41) is 20.6. The minimum atomic E-state index is -1.74. The lowest BCUT2D eigenvalue weighted by atomic mass is 10.3. The average Bonchev–Trinajstić information content (AvgIpc) is 2.72. The zero-order valence-corrected chi connectivity index (χ0v) is 10.9. The Bertz CT molecular complexity index is 437. The van der Waals surface area contributed by atoms with Crippen LogP contribution in [0.15, 0.2) is 0 Å². The van der Waals surface area contributed by atoms with E-state index in [4.69, 9.17) is 9.49 Å². The van der Waals surface area contributed by atoms with Crippen LogP contribution < -0.4 is 5.48 Å². The van der Waals surface area contributed by atoms with Gasteiger partial charge in [-0.15, -0.1) is 10.2 Å². The van der Waals surface area contributed by atoms with E-state index in [0.29, 0.717) is 0 Å². The van der Waals surface area contributed by atoms with E-state index in [1.807, 2.05) is 0 Å². The van der Waals surface area contributed by atoms with Gasteiger partial charge in [0.05, 0.1) is 7.05 Å². The second-order valence-electron chi connectivity index (χ2n) is 3.42. The molecule has 0 spiro atoms. The molecule has 11 heteroatoms. The normalized spacial score (nSPS) is 14.5. The molecule has 1 heterocycles. The molecule has 1 aromatic rings. The SMILES string of the molecule is CC(C(=O)NO)N(C)OS(=O)Cc1nnn(C)n1. The first kappa shape index (κ1) is 14.6. The third-order valence-corrected chi connectivity index (χ3v) is 2.93. The molecule has 0 bridgehead atoms. The Hall–Kier alpha value is -1.43.